The number of hydrogen-bond acceptors (Lipinski definition) is 4. The van der Waals surface area contributed by atoms with E-state index in [1.54, 1.807) is 7.11 Å². The number of methoxy groups -OCH3 is 1. The maximum absolute atomic E-state index is 10.4. The van der Waals surface area contributed by atoms with Crippen LogP contribution < -0.4 is 5.32 Å². The summed E-state index contributed by atoms with van der Waals surface area (Å²) in [7, 11) is 1.72. The maximum atomic E-state index is 10.4. The fourth-order valence-corrected chi connectivity index (χ4v) is 3.28. The molecule has 0 aromatic rings. The van der Waals surface area contributed by atoms with Crippen LogP contribution in [0.1, 0.15) is 33.1 Å². The van der Waals surface area contributed by atoms with Gasteiger partial charge < -0.3 is 15.2 Å². The van der Waals surface area contributed by atoms with Crippen LogP contribution >= 0.6 is 11.8 Å². The summed E-state index contributed by atoms with van der Waals surface area (Å²) in [6.07, 6.45) is 3.12. The molecule has 0 spiro atoms. The van der Waals surface area contributed by atoms with E-state index >= 15 is 0 Å². The van der Waals surface area contributed by atoms with Gasteiger partial charge in [-0.3, -0.25) is 0 Å². The van der Waals surface area contributed by atoms with E-state index in [1.807, 2.05) is 11.8 Å². The Morgan fingerprint density at radius 3 is 2.75 bits per heavy atom. The zero-order chi connectivity index (χ0) is 12.0. The van der Waals surface area contributed by atoms with Crippen molar-refractivity contribution in [2.75, 3.05) is 26.0 Å². The maximum Gasteiger partial charge on any atom is 0.0889 e. The van der Waals surface area contributed by atoms with Crippen molar-refractivity contribution in [2.45, 2.75) is 50.0 Å². The van der Waals surface area contributed by atoms with Gasteiger partial charge in [0.25, 0.3) is 0 Å². The standard InChI is InChI=1S/C12H25NO2S/c1-4-10(8-15-3)13-9-12(14)7-6-11(12)16-5-2/h10-11,13-14H,4-9H2,1-3H3. The fraction of sp³-hybridized carbons (Fsp3) is 1.00. The van der Waals surface area contributed by atoms with Crippen LogP contribution in [-0.4, -0.2) is 48.0 Å². The average molecular weight is 247 g/mol. The van der Waals surface area contributed by atoms with Gasteiger partial charge in [-0.15, -0.1) is 0 Å². The minimum Gasteiger partial charge on any atom is -0.387 e. The Morgan fingerprint density at radius 1 is 1.56 bits per heavy atom. The molecule has 1 rings (SSSR count). The molecule has 2 N–H and O–H groups in total. The van der Waals surface area contributed by atoms with E-state index in [-0.39, 0.29) is 0 Å². The van der Waals surface area contributed by atoms with Gasteiger partial charge >= 0.3 is 0 Å². The predicted molar refractivity (Wildman–Crippen MR) is 70.1 cm³/mol. The van der Waals surface area contributed by atoms with Crippen molar-refractivity contribution in [1.82, 2.24) is 5.32 Å². The number of nitrogens with one attached hydrogen (secondary N) is 1. The van der Waals surface area contributed by atoms with Crippen molar-refractivity contribution in [3.8, 4) is 0 Å². The highest BCUT2D eigenvalue weighted by atomic mass is 32.2. The third kappa shape index (κ3) is 3.62. The molecular formula is C12H25NO2S. The summed E-state index contributed by atoms with van der Waals surface area (Å²) in [4.78, 5) is 0. The highest BCUT2D eigenvalue weighted by molar-refractivity contribution is 8.00. The first-order valence-electron chi connectivity index (χ1n) is 6.22. The number of hydrogen-bond donors (Lipinski definition) is 2. The van der Waals surface area contributed by atoms with E-state index in [0.29, 0.717) is 17.8 Å². The van der Waals surface area contributed by atoms with Crippen LogP contribution in [0.3, 0.4) is 0 Å². The minimum atomic E-state index is -0.484. The second-order valence-electron chi connectivity index (χ2n) is 4.53. The van der Waals surface area contributed by atoms with Crippen LogP contribution in [0, 0.1) is 0 Å². The molecule has 0 saturated heterocycles. The molecule has 1 fully saturated rings. The van der Waals surface area contributed by atoms with Gasteiger partial charge in [0.2, 0.25) is 0 Å². The molecule has 16 heavy (non-hydrogen) atoms. The molecule has 1 saturated carbocycles. The van der Waals surface area contributed by atoms with E-state index < -0.39 is 5.60 Å². The second-order valence-corrected chi connectivity index (χ2v) is 6.01. The lowest BCUT2D eigenvalue weighted by Crippen LogP contribution is -2.57. The quantitative estimate of drug-likeness (QED) is 0.684. The smallest absolute Gasteiger partial charge is 0.0889 e. The average Bonchev–Trinajstić information content (AvgIpc) is 2.29. The first kappa shape index (κ1) is 14.3. The first-order chi connectivity index (χ1) is 7.66. The lowest BCUT2D eigenvalue weighted by molar-refractivity contribution is -0.0271. The summed E-state index contributed by atoms with van der Waals surface area (Å²) in [6, 6.07) is 0.363. The molecule has 96 valence electrons. The SMILES string of the molecule is CCSC1CCC1(O)CNC(CC)COC. The molecule has 3 unspecified atom stereocenters. The monoisotopic (exact) mass is 247 g/mol. The van der Waals surface area contributed by atoms with Gasteiger partial charge in [-0.2, -0.15) is 11.8 Å². The van der Waals surface area contributed by atoms with Crippen LogP contribution in [0.25, 0.3) is 0 Å². The van der Waals surface area contributed by atoms with Gasteiger partial charge in [0.05, 0.1) is 12.2 Å². The zero-order valence-corrected chi connectivity index (χ0v) is 11.5. The third-order valence-electron chi connectivity index (χ3n) is 3.36. The molecule has 0 aromatic carbocycles. The van der Waals surface area contributed by atoms with Crippen molar-refractivity contribution in [2.24, 2.45) is 0 Å². The van der Waals surface area contributed by atoms with Gasteiger partial charge in [-0.25, -0.2) is 0 Å². The first-order valence-corrected chi connectivity index (χ1v) is 7.27. The summed E-state index contributed by atoms with van der Waals surface area (Å²) in [5, 5.41) is 14.2. The Morgan fingerprint density at radius 2 is 2.31 bits per heavy atom. The number of rotatable bonds is 8. The van der Waals surface area contributed by atoms with Crippen molar-refractivity contribution < 1.29 is 9.84 Å². The highest BCUT2D eigenvalue weighted by Crippen LogP contribution is 2.40. The Balaban J connectivity index is 2.30. The largest absolute Gasteiger partial charge is 0.387 e. The number of ether oxygens (including phenoxy) is 1. The molecule has 1 aliphatic rings. The molecule has 0 radical (unpaired) electrons. The summed E-state index contributed by atoms with van der Waals surface area (Å²) in [5.41, 5.74) is -0.484. The molecule has 4 heteroatoms. The van der Waals surface area contributed by atoms with Crippen molar-refractivity contribution in [1.29, 1.82) is 0 Å². The van der Waals surface area contributed by atoms with Gasteiger partial charge in [-0.05, 0) is 25.0 Å². The van der Waals surface area contributed by atoms with Gasteiger partial charge in [0.15, 0.2) is 0 Å². The van der Waals surface area contributed by atoms with Crippen molar-refractivity contribution in [3.05, 3.63) is 0 Å². The van der Waals surface area contributed by atoms with Crippen LogP contribution in [0.15, 0.2) is 0 Å². The second kappa shape index (κ2) is 6.84. The summed E-state index contributed by atoms with van der Waals surface area (Å²) >= 11 is 1.88. The molecular weight excluding hydrogens is 222 g/mol. The van der Waals surface area contributed by atoms with Crippen LogP contribution in [0.5, 0.6) is 0 Å². The molecule has 0 aromatic heterocycles. The normalized spacial score (nSPS) is 31.1. The van der Waals surface area contributed by atoms with Crippen molar-refractivity contribution in [3.63, 3.8) is 0 Å². The minimum absolute atomic E-state index is 0.363. The van der Waals surface area contributed by atoms with Gasteiger partial charge in [0, 0.05) is 24.9 Å². The fourth-order valence-electron chi connectivity index (χ4n) is 2.08. The molecule has 3 nitrogen and oxygen atoms in total. The highest BCUT2D eigenvalue weighted by Gasteiger charge is 2.44. The lowest BCUT2D eigenvalue weighted by Gasteiger charge is -2.45. The Kier molecular flexibility index (Phi) is 6.11. The summed E-state index contributed by atoms with van der Waals surface area (Å²) < 4.78 is 5.14. The topological polar surface area (TPSA) is 41.5 Å². The third-order valence-corrected chi connectivity index (χ3v) is 4.77. The van der Waals surface area contributed by atoms with Gasteiger partial charge in [-0.1, -0.05) is 13.8 Å². The van der Waals surface area contributed by atoms with E-state index in [4.69, 9.17) is 4.74 Å². The molecule has 1 aliphatic carbocycles. The van der Waals surface area contributed by atoms with E-state index in [2.05, 4.69) is 19.2 Å². The molecule has 0 bridgehead atoms. The molecule has 0 amide bonds. The van der Waals surface area contributed by atoms with Gasteiger partial charge in [0.1, 0.15) is 0 Å². The Hall–Kier alpha value is 0.230. The zero-order valence-electron chi connectivity index (χ0n) is 10.7. The van der Waals surface area contributed by atoms with Crippen LogP contribution in [0.4, 0.5) is 0 Å². The van der Waals surface area contributed by atoms with Crippen molar-refractivity contribution >= 4 is 11.8 Å². The predicted octanol–water partition coefficient (Wildman–Crippen LogP) is 1.65. The number of thioether (sulfide) groups is 1. The lowest BCUT2D eigenvalue weighted by atomic mass is 9.79. The Bertz CT molecular complexity index is 203. The van der Waals surface area contributed by atoms with Crippen LogP contribution in [-0.2, 0) is 4.74 Å². The van der Waals surface area contributed by atoms with E-state index in [9.17, 15) is 5.11 Å². The Labute approximate surface area is 103 Å². The molecule has 3 atom stereocenters. The number of aliphatic hydroxyl groups is 1. The van der Waals surface area contributed by atoms with E-state index in [0.717, 1.165) is 31.6 Å². The summed E-state index contributed by atoms with van der Waals surface area (Å²) in [5.74, 6) is 1.09. The summed E-state index contributed by atoms with van der Waals surface area (Å²) in [6.45, 7) is 5.71. The molecule has 0 aliphatic heterocycles. The van der Waals surface area contributed by atoms with Crippen LogP contribution in [0.2, 0.25) is 0 Å². The van der Waals surface area contributed by atoms with E-state index in [1.165, 1.54) is 0 Å². The molecule has 0 heterocycles.